The van der Waals surface area contributed by atoms with E-state index in [0.717, 1.165) is 26.5 Å². The van der Waals surface area contributed by atoms with Gasteiger partial charge in [-0.1, -0.05) is 58.4 Å². The van der Waals surface area contributed by atoms with Crippen LogP contribution in [0.25, 0.3) is 10.8 Å². The van der Waals surface area contributed by atoms with Crippen LogP contribution in [0, 0.1) is 5.92 Å². The highest BCUT2D eigenvalue weighted by molar-refractivity contribution is 9.10. The Morgan fingerprint density at radius 3 is 2.64 bits per heavy atom. The zero-order chi connectivity index (χ0) is 19.5. The molecule has 0 saturated carbocycles. The molecule has 0 radical (unpaired) electrons. The largest absolute Gasteiger partial charge is 0.312 e. The molecule has 0 aliphatic carbocycles. The molecule has 3 aromatic rings. The molecule has 1 fully saturated rings. The molecule has 3 aromatic carbocycles. The SMILES string of the molecule is O=C(N/N=C/c1cccc2ccccc12)C1CC(=O)N(c2ccc(Br)cc2)C1. The van der Waals surface area contributed by atoms with Crippen LogP contribution in [0.3, 0.4) is 0 Å². The van der Waals surface area contributed by atoms with Gasteiger partial charge in [-0.3, -0.25) is 9.59 Å². The van der Waals surface area contributed by atoms with E-state index < -0.39 is 5.92 Å². The molecule has 6 heteroatoms. The monoisotopic (exact) mass is 435 g/mol. The standard InChI is InChI=1S/C22H18BrN3O2/c23-18-8-10-19(11-9-18)26-14-17(12-21(26)27)22(28)25-24-13-16-6-3-5-15-4-1-2-7-20(15)16/h1-11,13,17H,12,14H2,(H,25,28)/b24-13+. The molecule has 2 amide bonds. The highest BCUT2D eigenvalue weighted by Gasteiger charge is 2.35. The van der Waals surface area contributed by atoms with Crippen molar-refractivity contribution < 1.29 is 9.59 Å². The van der Waals surface area contributed by atoms with E-state index >= 15 is 0 Å². The maximum atomic E-state index is 12.5. The lowest BCUT2D eigenvalue weighted by Gasteiger charge is -2.16. The molecule has 4 rings (SSSR count). The fourth-order valence-electron chi connectivity index (χ4n) is 3.37. The van der Waals surface area contributed by atoms with E-state index in [1.807, 2.05) is 66.7 Å². The summed E-state index contributed by atoms with van der Waals surface area (Å²) >= 11 is 3.38. The van der Waals surface area contributed by atoms with E-state index in [1.54, 1.807) is 11.1 Å². The van der Waals surface area contributed by atoms with Crippen LogP contribution in [0.1, 0.15) is 12.0 Å². The van der Waals surface area contributed by atoms with Crippen LogP contribution in [-0.2, 0) is 9.59 Å². The molecule has 5 nitrogen and oxygen atoms in total. The van der Waals surface area contributed by atoms with Crippen LogP contribution >= 0.6 is 15.9 Å². The lowest BCUT2D eigenvalue weighted by molar-refractivity contribution is -0.126. The molecule has 1 heterocycles. The van der Waals surface area contributed by atoms with Gasteiger partial charge in [-0.2, -0.15) is 5.10 Å². The average molecular weight is 436 g/mol. The Balaban J connectivity index is 1.42. The number of anilines is 1. The molecule has 0 bridgehead atoms. The van der Waals surface area contributed by atoms with Gasteiger partial charge in [-0.05, 0) is 35.0 Å². The maximum absolute atomic E-state index is 12.5. The van der Waals surface area contributed by atoms with Crippen LogP contribution in [0.5, 0.6) is 0 Å². The van der Waals surface area contributed by atoms with E-state index in [0.29, 0.717) is 6.54 Å². The number of carbonyl (C=O) groups excluding carboxylic acids is 2. The second-order valence-electron chi connectivity index (χ2n) is 6.68. The number of rotatable bonds is 4. The van der Waals surface area contributed by atoms with Gasteiger partial charge >= 0.3 is 0 Å². The summed E-state index contributed by atoms with van der Waals surface area (Å²) in [5, 5.41) is 6.30. The molecule has 0 spiro atoms. The van der Waals surface area contributed by atoms with E-state index in [2.05, 4.69) is 26.5 Å². The predicted molar refractivity (Wildman–Crippen MR) is 114 cm³/mol. The first-order valence-corrected chi connectivity index (χ1v) is 9.78. The molecule has 1 aliphatic rings. The first-order chi connectivity index (χ1) is 13.6. The molecule has 1 atom stereocenters. The maximum Gasteiger partial charge on any atom is 0.245 e. The zero-order valence-electron chi connectivity index (χ0n) is 15.0. The smallest absolute Gasteiger partial charge is 0.245 e. The Kier molecular flexibility index (Phi) is 5.21. The summed E-state index contributed by atoms with van der Waals surface area (Å²) in [7, 11) is 0. The van der Waals surface area contributed by atoms with Gasteiger partial charge < -0.3 is 4.90 Å². The molecule has 140 valence electrons. The number of fused-ring (bicyclic) bond motifs is 1. The summed E-state index contributed by atoms with van der Waals surface area (Å²) < 4.78 is 0.944. The number of hydrogen-bond acceptors (Lipinski definition) is 3. The minimum Gasteiger partial charge on any atom is -0.312 e. The Bertz CT molecular complexity index is 1060. The second-order valence-corrected chi connectivity index (χ2v) is 7.60. The number of carbonyl (C=O) groups is 2. The summed E-state index contributed by atoms with van der Waals surface area (Å²) in [6.07, 6.45) is 1.83. The van der Waals surface area contributed by atoms with Crippen molar-refractivity contribution in [1.82, 2.24) is 5.43 Å². The Morgan fingerprint density at radius 1 is 1.07 bits per heavy atom. The van der Waals surface area contributed by atoms with Crippen molar-refractivity contribution in [2.24, 2.45) is 11.0 Å². The normalized spacial score (nSPS) is 16.8. The minimum absolute atomic E-state index is 0.0551. The number of benzene rings is 3. The highest BCUT2D eigenvalue weighted by atomic mass is 79.9. The molecule has 1 saturated heterocycles. The van der Waals surface area contributed by atoms with Gasteiger partial charge in [-0.15, -0.1) is 0 Å². The summed E-state index contributed by atoms with van der Waals surface area (Å²) in [6.45, 7) is 0.357. The van der Waals surface area contributed by atoms with Gasteiger partial charge in [0.25, 0.3) is 0 Å². The molecule has 1 N–H and O–H groups in total. The highest BCUT2D eigenvalue weighted by Crippen LogP contribution is 2.26. The van der Waals surface area contributed by atoms with Crippen LogP contribution in [0.4, 0.5) is 5.69 Å². The van der Waals surface area contributed by atoms with Crippen molar-refractivity contribution in [3.63, 3.8) is 0 Å². The van der Waals surface area contributed by atoms with Crippen molar-refractivity contribution >= 4 is 50.4 Å². The third-order valence-corrected chi connectivity index (χ3v) is 5.36. The van der Waals surface area contributed by atoms with Crippen LogP contribution in [0.15, 0.2) is 76.3 Å². The number of hydrogen-bond donors (Lipinski definition) is 1. The Hall–Kier alpha value is -2.99. The lowest BCUT2D eigenvalue weighted by atomic mass is 10.1. The lowest BCUT2D eigenvalue weighted by Crippen LogP contribution is -2.30. The van der Waals surface area contributed by atoms with E-state index in [1.165, 1.54) is 0 Å². The van der Waals surface area contributed by atoms with E-state index in [-0.39, 0.29) is 18.2 Å². The van der Waals surface area contributed by atoms with Gasteiger partial charge in [0.05, 0.1) is 12.1 Å². The summed E-state index contributed by atoms with van der Waals surface area (Å²) in [4.78, 5) is 26.4. The zero-order valence-corrected chi connectivity index (χ0v) is 16.6. The van der Waals surface area contributed by atoms with Gasteiger partial charge in [-0.25, -0.2) is 5.43 Å². The Labute approximate surface area is 171 Å². The fraction of sp³-hybridized carbons (Fsp3) is 0.136. The first kappa shape index (κ1) is 18.4. The number of halogens is 1. The number of amides is 2. The fourth-order valence-corrected chi connectivity index (χ4v) is 3.64. The van der Waals surface area contributed by atoms with Crippen molar-refractivity contribution in [2.45, 2.75) is 6.42 Å². The van der Waals surface area contributed by atoms with Gasteiger partial charge in [0.1, 0.15) is 0 Å². The summed E-state index contributed by atoms with van der Waals surface area (Å²) in [5.74, 6) is -0.717. The summed E-state index contributed by atoms with van der Waals surface area (Å²) in [5.41, 5.74) is 4.31. The van der Waals surface area contributed by atoms with Crippen molar-refractivity contribution in [3.05, 3.63) is 76.8 Å². The van der Waals surface area contributed by atoms with Crippen molar-refractivity contribution in [2.75, 3.05) is 11.4 Å². The van der Waals surface area contributed by atoms with Crippen LogP contribution in [0.2, 0.25) is 0 Å². The molecule has 1 unspecified atom stereocenters. The molecule has 28 heavy (non-hydrogen) atoms. The molecular weight excluding hydrogens is 418 g/mol. The predicted octanol–water partition coefficient (Wildman–Crippen LogP) is 4.11. The Morgan fingerprint density at radius 2 is 1.82 bits per heavy atom. The molecular formula is C22H18BrN3O2. The third-order valence-electron chi connectivity index (χ3n) is 4.84. The average Bonchev–Trinajstić information content (AvgIpc) is 3.10. The van der Waals surface area contributed by atoms with Gasteiger partial charge in [0.2, 0.25) is 11.8 Å². The number of nitrogens with zero attached hydrogens (tertiary/aromatic N) is 2. The minimum atomic E-state index is -0.416. The van der Waals surface area contributed by atoms with Gasteiger partial charge in [0, 0.05) is 28.7 Å². The molecule has 0 aromatic heterocycles. The van der Waals surface area contributed by atoms with Gasteiger partial charge in [0.15, 0.2) is 0 Å². The van der Waals surface area contributed by atoms with E-state index in [4.69, 9.17) is 0 Å². The second kappa shape index (κ2) is 7.94. The van der Waals surface area contributed by atoms with Crippen LogP contribution < -0.4 is 10.3 Å². The summed E-state index contributed by atoms with van der Waals surface area (Å²) in [6, 6.07) is 21.4. The topological polar surface area (TPSA) is 61.8 Å². The number of nitrogens with one attached hydrogen (secondary N) is 1. The number of hydrazone groups is 1. The van der Waals surface area contributed by atoms with Crippen LogP contribution in [-0.4, -0.2) is 24.6 Å². The van der Waals surface area contributed by atoms with Crippen molar-refractivity contribution in [3.8, 4) is 0 Å². The quantitative estimate of drug-likeness (QED) is 0.495. The third kappa shape index (κ3) is 3.82. The first-order valence-electron chi connectivity index (χ1n) is 8.98. The van der Waals surface area contributed by atoms with E-state index in [9.17, 15) is 9.59 Å². The van der Waals surface area contributed by atoms with Crippen molar-refractivity contribution in [1.29, 1.82) is 0 Å². The molecule has 1 aliphatic heterocycles.